The molecule has 1 aromatic carbocycles. The molecule has 4 nitrogen and oxygen atoms in total. The fourth-order valence-electron chi connectivity index (χ4n) is 1.17. The zero-order valence-corrected chi connectivity index (χ0v) is 7.60. The van der Waals surface area contributed by atoms with E-state index in [0.717, 1.165) is 5.56 Å². The number of phenols is 2. The van der Waals surface area contributed by atoms with E-state index in [4.69, 9.17) is 15.3 Å². The van der Waals surface area contributed by atoms with Gasteiger partial charge in [0.05, 0.1) is 0 Å². The van der Waals surface area contributed by atoms with Crippen LogP contribution in [0.2, 0.25) is 0 Å². The summed E-state index contributed by atoms with van der Waals surface area (Å²) >= 11 is 0. The van der Waals surface area contributed by atoms with E-state index in [9.17, 15) is 4.79 Å². The maximum Gasteiger partial charge on any atom is 0.303 e. The van der Waals surface area contributed by atoms with E-state index in [1.54, 1.807) is 6.07 Å². The van der Waals surface area contributed by atoms with Gasteiger partial charge in [-0.15, -0.1) is 0 Å². The number of benzene rings is 1. The highest BCUT2D eigenvalue weighted by Gasteiger charge is 2.02. The highest BCUT2D eigenvalue weighted by atomic mass is 16.4. The second kappa shape index (κ2) is 7.56. The topological polar surface area (TPSA) is 77.8 Å². The Bertz CT molecular complexity index is 334. The van der Waals surface area contributed by atoms with Gasteiger partial charge in [-0.2, -0.15) is 0 Å². The second-order valence-corrected chi connectivity index (χ2v) is 3.07. The Morgan fingerprint density at radius 1 is 1.12 bits per heavy atom. The maximum atomic E-state index is 10.2. The zero-order valence-electron chi connectivity index (χ0n) is 7.60. The molecule has 0 unspecified atom stereocenters. The van der Waals surface area contributed by atoms with Crippen LogP contribution in [0, 0.1) is 0 Å². The fourth-order valence-corrected chi connectivity index (χ4v) is 1.17. The second-order valence-electron chi connectivity index (χ2n) is 3.07. The minimum absolute atomic E-state index is 0. The number of phenolic OH excluding ortho intramolecular Hbond substituents is 2. The number of carboxylic acid groups (broad SMARTS) is 1. The molecule has 0 amide bonds. The zero-order chi connectivity index (χ0) is 10.6. The summed E-state index contributed by atoms with van der Waals surface area (Å²) in [5.41, 5.74) is 0.821. The van der Waals surface area contributed by atoms with Crippen LogP contribution >= 0.6 is 0 Å². The Kier molecular flexibility index (Phi) is 7.90. The Morgan fingerprint density at radius 2 is 1.75 bits per heavy atom. The molecule has 0 aliphatic heterocycles. The van der Waals surface area contributed by atoms with Crippen LogP contribution in [0.3, 0.4) is 0 Å². The average molecular weight is 228 g/mol. The number of aryl methyl sites for hydroxylation is 1. The van der Waals surface area contributed by atoms with Crippen LogP contribution in [0.25, 0.3) is 0 Å². The largest absolute Gasteiger partial charge is 0.504 e. The minimum Gasteiger partial charge on any atom is -0.504 e. The SMILES string of the molecule is C.C.O=C(O)CCCc1ccc(O)c(O)c1. The maximum absolute atomic E-state index is 10.2. The summed E-state index contributed by atoms with van der Waals surface area (Å²) in [6.45, 7) is 0. The number of hydrogen-bond donors (Lipinski definition) is 3. The van der Waals surface area contributed by atoms with Gasteiger partial charge in [0.1, 0.15) is 0 Å². The lowest BCUT2D eigenvalue weighted by Crippen LogP contribution is -1.95. The van der Waals surface area contributed by atoms with Crippen LogP contribution in [-0.2, 0) is 11.2 Å². The van der Waals surface area contributed by atoms with Crippen LogP contribution in [0.1, 0.15) is 33.3 Å². The number of aromatic hydroxyl groups is 2. The first kappa shape index (κ1) is 16.7. The molecule has 0 aliphatic carbocycles. The normalized spacial score (nSPS) is 8.75. The van der Waals surface area contributed by atoms with Crippen molar-refractivity contribution in [3.8, 4) is 11.5 Å². The van der Waals surface area contributed by atoms with E-state index in [-0.39, 0.29) is 32.8 Å². The third-order valence-electron chi connectivity index (χ3n) is 1.90. The molecule has 16 heavy (non-hydrogen) atoms. The van der Waals surface area contributed by atoms with Crippen molar-refractivity contribution in [3.63, 3.8) is 0 Å². The Hall–Kier alpha value is -1.71. The summed E-state index contributed by atoms with van der Waals surface area (Å²) in [4.78, 5) is 10.2. The van der Waals surface area contributed by atoms with Crippen molar-refractivity contribution in [3.05, 3.63) is 23.8 Å². The lowest BCUT2D eigenvalue weighted by Gasteiger charge is -2.02. The summed E-state index contributed by atoms with van der Waals surface area (Å²) in [6.07, 6.45) is 1.22. The molecule has 4 heteroatoms. The molecule has 0 heterocycles. The standard InChI is InChI=1S/C10H12O4.2CH4/c11-8-5-4-7(6-9(8)12)2-1-3-10(13)14;;/h4-6,11-12H,1-3H2,(H,13,14);2*1H4. The monoisotopic (exact) mass is 228 g/mol. The molecule has 0 fully saturated rings. The van der Waals surface area contributed by atoms with Crippen molar-refractivity contribution in [2.75, 3.05) is 0 Å². The molecule has 0 aromatic heterocycles. The van der Waals surface area contributed by atoms with E-state index < -0.39 is 5.97 Å². The fraction of sp³-hybridized carbons (Fsp3) is 0.417. The van der Waals surface area contributed by atoms with Gasteiger partial charge in [-0.3, -0.25) is 4.79 Å². The molecule has 1 rings (SSSR count). The van der Waals surface area contributed by atoms with Crippen LogP contribution in [-0.4, -0.2) is 21.3 Å². The first-order chi connectivity index (χ1) is 6.59. The van der Waals surface area contributed by atoms with Gasteiger partial charge in [0.2, 0.25) is 0 Å². The van der Waals surface area contributed by atoms with Crippen molar-refractivity contribution in [2.45, 2.75) is 34.1 Å². The van der Waals surface area contributed by atoms with Crippen LogP contribution in [0.4, 0.5) is 0 Å². The highest BCUT2D eigenvalue weighted by Crippen LogP contribution is 2.25. The number of carbonyl (C=O) groups is 1. The number of aliphatic carboxylic acids is 1. The van der Waals surface area contributed by atoms with Gasteiger partial charge in [0, 0.05) is 6.42 Å². The molecule has 0 saturated carbocycles. The summed E-state index contributed by atoms with van der Waals surface area (Å²) in [5.74, 6) is -1.15. The van der Waals surface area contributed by atoms with E-state index in [0.29, 0.717) is 12.8 Å². The molecule has 3 N–H and O–H groups in total. The van der Waals surface area contributed by atoms with Crippen molar-refractivity contribution in [1.29, 1.82) is 0 Å². The van der Waals surface area contributed by atoms with E-state index in [1.807, 2.05) is 0 Å². The Morgan fingerprint density at radius 3 is 2.25 bits per heavy atom. The summed E-state index contributed by atoms with van der Waals surface area (Å²) in [5, 5.41) is 26.6. The Balaban J connectivity index is 0. The predicted molar refractivity (Wildman–Crippen MR) is 63.8 cm³/mol. The van der Waals surface area contributed by atoms with Crippen molar-refractivity contribution in [2.24, 2.45) is 0 Å². The first-order valence-electron chi connectivity index (χ1n) is 4.32. The van der Waals surface area contributed by atoms with Gasteiger partial charge in [-0.1, -0.05) is 20.9 Å². The summed E-state index contributed by atoms with van der Waals surface area (Å²) in [6, 6.07) is 4.50. The molecule has 1 aromatic rings. The van der Waals surface area contributed by atoms with Crippen molar-refractivity contribution >= 4 is 5.97 Å². The molecule has 0 aliphatic rings. The molecular weight excluding hydrogens is 208 g/mol. The van der Waals surface area contributed by atoms with Gasteiger partial charge in [0.15, 0.2) is 11.5 Å². The van der Waals surface area contributed by atoms with Gasteiger partial charge >= 0.3 is 5.97 Å². The van der Waals surface area contributed by atoms with E-state index in [2.05, 4.69) is 0 Å². The highest BCUT2D eigenvalue weighted by molar-refractivity contribution is 5.66. The van der Waals surface area contributed by atoms with Crippen molar-refractivity contribution < 1.29 is 20.1 Å². The number of rotatable bonds is 4. The molecule has 0 spiro atoms. The predicted octanol–water partition coefficient (Wildman–Crippen LogP) is 2.78. The van der Waals surface area contributed by atoms with Gasteiger partial charge in [-0.05, 0) is 30.5 Å². The quantitative estimate of drug-likeness (QED) is 0.692. The molecular formula is C12H20O4. The lowest BCUT2D eigenvalue weighted by molar-refractivity contribution is -0.137. The van der Waals surface area contributed by atoms with Crippen LogP contribution in [0.5, 0.6) is 11.5 Å². The van der Waals surface area contributed by atoms with Gasteiger partial charge in [0.25, 0.3) is 0 Å². The van der Waals surface area contributed by atoms with Gasteiger partial charge in [-0.25, -0.2) is 0 Å². The number of carboxylic acids is 1. The third kappa shape index (κ3) is 5.24. The molecule has 0 saturated heterocycles. The van der Waals surface area contributed by atoms with E-state index >= 15 is 0 Å². The smallest absolute Gasteiger partial charge is 0.303 e. The first-order valence-corrected chi connectivity index (χ1v) is 4.32. The lowest BCUT2D eigenvalue weighted by atomic mass is 10.1. The number of hydrogen-bond acceptors (Lipinski definition) is 3. The molecule has 0 atom stereocenters. The van der Waals surface area contributed by atoms with E-state index in [1.165, 1.54) is 12.1 Å². The molecule has 0 radical (unpaired) electrons. The third-order valence-corrected chi connectivity index (χ3v) is 1.90. The minimum atomic E-state index is -0.826. The van der Waals surface area contributed by atoms with Crippen molar-refractivity contribution in [1.82, 2.24) is 0 Å². The van der Waals surface area contributed by atoms with Gasteiger partial charge < -0.3 is 15.3 Å². The average Bonchev–Trinajstić information content (AvgIpc) is 2.10. The van der Waals surface area contributed by atoms with Crippen LogP contribution < -0.4 is 0 Å². The Labute approximate surface area is 96.2 Å². The molecule has 0 bridgehead atoms. The van der Waals surface area contributed by atoms with Crippen LogP contribution in [0.15, 0.2) is 18.2 Å². The summed E-state index contributed by atoms with van der Waals surface area (Å²) < 4.78 is 0. The summed E-state index contributed by atoms with van der Waals surface area (Å²) in [7, 11) is 0. The molecule has 92 valence electrons.